The van der Waals surface area contributed by atoms with Crippen molar-refractivity contribution in [2.24, 2.45) is 0 Å². The SMILES string of the molecule is CCN(C)C1(C)CCC1. The molecule has 1 saturated carbocycles. The number of rotatable bonds is 2. The lowest BCUT2D eigenvalue weighted by molar-refractivity contribution is 0.0612. The summed E-state index contributed by atoms with van der Waals surface area (Å²) < 4.78 is 0. The first-order valence-corrected chi connectivity index (χ1v) is 3.90. The van der Waals surface area contributed by atoms with Crippen LogP contribution in [0.4, 0.5) is 0 Å². The molecule has 1 aliphatic rings. The second kappa shape index (κ2) is 2.30. The van der Waals surface area contributed by atoms with E-state index in [-0.39, 0.29) is 0 Å². The van der Waals surface area contributed by atoms with Gasteiger partial charge in [-0.3, -0.25) is 0 Å². The van der Waals surface area contributed by atoms with Gasteiger partial charge in [0.1, 0.15) is 0 Å². The molecule has 0 atom stereocenters. The molecule has 0 aromatic heterocycles. The van der Waals surface area contributed by atoms with Crippen LogP contribution in [0.3, 0.4) is 0 Å². The Morgan fingerprint density at radius 2 is 2.00 bits per heavy atom. The van der Waals surface area contributed by atoms with Gasteiger partial charge in [0, 0.05) is 5.54 Å². The predicted octanol–water partition coefficient (Wildman–Crippen LogP) is 1.88. The molecule has 1 fully saturated rings. The summed E-state index contributed by atoms with van der Waals surface area (Å²) in [6, 6.07) is 0. The second-order valence-electron chi connectivity index (χ2n) is 3.36. The molecule has 1 rings (SSSR count). The van der Waals surface area contributed by atoms with Gasteiger partial charge in [0.2, 0.25) is 0 Å². The molecular weight excluding hydrogens is 110 g/mol. The van der Waals surface area contributed by atoms with Crippen molar-refractivity contribution in [1.29, 1.82) is 0 Å². The molecule has 0 bridgehead atoms. The largest absolute Gasteiger partial charge is 0.301 e. The molecule has 0 unspecified atom stereocenters. The Kier molecular flexibility index (Phi) is 1.80. The Hall–Kier alpha value is -0.0400. The number of nitrogens with zero attached hydrogens (tertiary/aromatic N) is 1. The van der Waals surface area contributed by atoms with Crippen molar-refractivity contribution < 1.29 is 0 Å². The van der Waals surface area contributed by atoms with Crippen molar-refractivity contribution in [3.63, 3.8) is 0 Å². The lowest BCUT2D eigenvalue weighted by Gasteiger charge is -2.45. The highest BCUT2D eigenvalue weighted by molar-refractivity contribution is 4.91. The van der Waals surface area contributed by atoms with Gasteiger partial charge in [-0.15, -0.1) is 0 Å². The van der Waals surface area contributed by atoms with Crippen molar-refractivity contribution >= 4 is 0 Å². The van der Waals surface area contributed by atoms with Crippen LogP contribution < -0.4 is 0 Å². The molecule has 0 radical (unpaired) electrons. The Balaban J connectivity index is 2.38. The highest BCUT2D eigenvalue weighted by Gasteiger charge is 2.34. The Labute approximate surface area is 58.0 Å². The number of hydrogen-bond acceptors (Lipinski definition) is 1. The highest BCUT2D eigenvalue weighted by atomic mass is 15.2. The molecule has 0 aliphatic heterocycles. The van der Waals surface area contributed by atoms with E-state index in [1.54, 1.807) is 0 Å². The predicted molar refractivity (Wildman–Crippen MR) is 40.6 cm³/mol. The molecule has 0 aromatic rings. The van der Waals surface area contributed by atoms with Gasteiger partial charge < -0.3 is 4.90 Å². The van der Waals surface area contributed by atoms with E-state index >= 15 is 0 Å². The summed E-state index contributed by atoms with van der Waals surface area (Å²) in [5, 5.41) is 0. The normalized spacial score (nSPS) is 24.0. The monoisotopic (exact) mass is 127 g/mol. The fourth-order valence-corrected chi connectivity index (χ4v) is 1.45. The van der Waals surface area contributed by atoms with Gasteiger partial charge >= 0.3 is 0 Å². The van der Waals surface area contributed by atoms with Crippen LogP contribution in [0.2, 0.25) is 0 Å². The molecule has 1 nitrogen and oxygen atoms in total. The van der Waals surface area contributed by atoms with Gasteiger partial charge in [-0.25, -0.2) is 0 Å². The Morgan fingerprint density at radius 3 is 2.11 bits per heavy atom. The van der Waals surface area contributed by atoms with E-state index < -0.39 is 0 Å². The Bertz CT molecular complexity index is 94.7. The van der Waals surface area contributed by atoms with Gasteiger partial charge in [-0.05, 0) is 39.8 Å². The lowest BCUT2D eigenvalue weighted by Crippen LogP contribution is -2.48. The average Bonchev–Trinajstić information content (AvgIpc) is 1.81. The molecule has 0 aromatic carbocycles. The van der Waals surface area contributed by atoms with Crippen molar-refractivity contribution in [2.75, 3.05) is 13.6 Å². The summed E-state index contributed by atoms with van der Waals surface area (Å²) in [6.45, 7) is 5.78. The first kappa shape index (κ1) is 7.07. The van der Waals surface area contributed by atoms with E-state index in [1.807, 2.05) is 0 Å². The summed E-state index contributed by atoms with van der Waals surface area (Å²) in [5.41, 5.74) is 0.564. The van der Waals surface area contributed by atoms with Crippen LogP contribution in [-0.4, -0.2) is 24.0 Å². The zero-order chi connectivity index (χ0) is 6.91. The summed E-state index contributed by atoms with van der Waals surface area (Å²) in [6.07, 6.45) is 4.23. The standard InChI is InChI=1S/C8H17N/c1-4-9(3)8(2)6-5-7-8/h4-7H2,1-3H3. The van der Waals surface area contributed by atoms with Gasteiger partial charge in [-0.1, -0.05) is 6.92 Å². The molecule has 0 amide bonds. The minimum atomic E-state index is 0.564. The Morgan fingerprint density at radius 1 is 1.44 bits per heavy atom. The molecule has 0 N–H and O–H groups in total. The lowest BCUT2D eigenvalue weighted by atomic mass is 9.77. The fraction of sp³-hybridized carbons (Fsp3) is 1.00. The maximum Gasteiger partial charge on any atom is 0.0178 e. The van der Waals surface area contributed by atoms with Crippen LogP contribution in [0.25, 0.3) is 0 Å². The minimum Gasteiger partial charge on any atom is -0.301 e. The maximum atomic E-state index is 2.45. The maximum absolute atomic E-state index is 2.45. The van der Waals surface area contributed by atoms with Crippen molar-refractivity contribution in [3.8, 4) is 0 Å². The third-order valence-electron chi connectivity index (χ3n) is 2.83. The van der Waals surface area contributed by atoms with Gasteiger partial charge in [0.25, 0.3) is 0 Å². The molecule has 0 heterocycles. The summed E-state index contributed by atoms with van der Waals surface area (Å²) >= 11 is 0. The van der Waals surface area contributed by atoms with Crippen LogP contribution in [0.1, 0.15) is 33.1 Å². The van der Waals surface area contributed by atoms with E-state index in [2.05, 4.69) is 25.8 Å². The van der Waals surface area contributed by atoms with E-state index in [0.29, 0.717) is 5.54 Å². The summed E-state index contributed by atoms with van der Waals surface area (Å²) in [4.78, 5) is 2.45. The van der Waals surface area contributed by atoms with E-state index in [0.717, 1.165) is 0 Å². The third-order valence-corrected chi connectivity index (χ3v) is 2.83. The molecule has 1 aliphatic carbocycles. The number of hydrogen-bond donors (Lipinski definition) is 0. The quantitative estimate of drug-likeness (QED) is 0.547. The van der Waals surface area contributed by atoms with E-state index in [1.165, 1.54) is 25.8 Å². The zero-order valence-electron chi connectivity index (χ0n) is 6.78. The first-order chi connectivity index (χ1) is 4.19. The van der Waals surface area contributed by atoms with Crippen LogP contribution in [0, 0.1) is 0 Å². The van der Waals surface area contributed by atoms with Crippen LogP contribution in [0.15, 0.2) is 0 Å². The second-order valence-corrected chi connectivity index (χ2v) is 3.36. The zero-order valence-corrected chi connectivity index (χ0v) is 6.78. The van der Waals surface area contributed by atoms with Crippen molar-refractivity contribution in [2.45, 2.75) is 38.6 Å². The summed E-state index contributed by atoms with van der Waals surface area (Å²) in [5.74, 6) is 0. The summed E-state index contributed by atoms with van der Waals surface area (Å²) in [7, 11) is 2.22. The molecular formula is C8H17N. The van der Waals surface area contributed by atoms with Gasteiger partial charge in [0.15, 0.2) is 0 Å². The van der Waals surface area contributed by atoms with Gasteiger partial charge in [-0.2, -0.15) is 0 Å². The van der Waals surface area contributed by atoms with Crippen LogP contribution >= 0.6 is 0 Å². The first-order valence-electron chi connectivity index (χ1n) is 3.90. The molecule has 9 heavy (non-hydrogen) atoms. The molecule has 54 valence electrons. The molecule has 1 heteroatoms. The topological polar surface area (TPSA) is 3.24 Å². The van der Waals surface area contributed by atoms with Crippen LogP contribution in [0.5, 0.6) is 0 Å². The average molecular weight is 127 g/mol. The fourth-order valence-electron chi connectivity index (χ4n) is 1.45. The minimum absolute atomic E-state index is 0.564. The highest BCUT2D eigenvalue weighted by Crippen LogP contribution is 2.35. The molecule has 0 saturated heterocycles. The van der Waals surface area contributed by atoms with Gasteiger partial charge in [0.05, 0.1) is 0 Å². The third kappa shape index (κ3) is 1.11. The van der Waals surface area contributed by atoms with E-state index in [9.17, 15) is 0 Å². The molecule has 0 spiro atoms. The van der Waals surface area contributed by atoms with Crippen LogP contribution in [-0.2, 0) is 0 Å². The van der Waals surface area contributed by atoms with Crippen molar-refractivity contribution in [3.05, 3.63) is 0 Å². The van der Waals surface area contributed by atoms with Crippen molar-refractivity contribution in [1.82, 2.24) is 4.90 Å². The van der Waals surface area contributed by atoms with E-state index in [4.69, 9.17) is 0 Å². The smallest absolute Gasteiger partial charge is 0.0178 e.